The zero-order valence-corrected chi connectivity index (χ0v) is 15.1. The van der Waals surface area contributed by atoms with Crippen molar-refractivity contribution in [2.45, 2.75) is 44.3 Å². The summed E-state index contributed by atoms with van der Waals surface area (Å²) in [6, 6.07) is 2.38. The van der Waals surface area contributed by atoms with Crippen LogP contribution in [0.3, 0.4) is 0 Å². The Morgan fingerprint density at radius 3 is 2.41 bits per heavy atom. The van der Waals surface area contributed by atoms with Gasteiger partial charge in [0.05, 0.1) is 5.56 Å². The zero-order valence-electron chi connectivity index (χ0n) is 15.1. The van der Waals surface area contributed by atoms with E-state index in [1.165, 1.54) is 6.07 Å². The van der Waals surface area contributed by atoms with E-state index in [-0.39, 0.29) is 17.7 Å². The number of carbonyl (C=O) groups excluding carboxylic acids is 2. The van der Waals surface area contributed by atoms with E-state index in [0.717, 1.165) is 12.3 Å². The number of likely N-dealkylation sites (N-methyl/N-ethyl adjacent to an activating group) is 1. The van der Waals surface area contributed by atoms with Gasteiger partial charge < -0.3 is 15.5 Å². The number of anilines is 1. The van der Waals surface area contributed by atoms with Crippen molar-refractivity contribution >= 4 is 17.6 Å². The van der Waals surface area contributed by atoms with Crippen molar-refractivity contribution in [3.05, 3.63) is 23.9 Å². The number of carbonyl (C=O) groups is 2. The molecule has 2 fully saturated rings. The summed E-state index contributed by atoms with van der Waals surface area (Å²) in [4.78, 5) is 30.3. The average molecular weight is 384 g/mol. The molecule has 6 nitrogen and oxygen atoms in total. The fourth-order valence-corrected chi connectivity index (χ4v) is 3.31. The van der Waals surface area contributed by atoms with Crippen LogP contribution in [0, 0.1) is 5.92 Å². The van der Waals surface area contributed by atoms with Gasteiger partial charge in [-0.2, -0.15) is 13.2 Å². The predicted octanol–water partition coefficient (Wildman–Crippen LogP) is 2.10. The van der Waals surface area contributed by atoms with Crippen molar-refractivity contribution in [1.82, 2.24) is 15.6 Å². The topological polar surface area (TPSA) is 74.3 Å². The summed E-state index contributed by atoms with van der Waals surface area (Å²) in [6.45, 7) is 3.42. The monoisotopic (exact) mass is 384 g/mol. The second-order valence-electron chi connectivity index (χ2n) is 7.09. The minimum atomic E-state index is -4.40. The Bertz CT molecular complexity index is 694. The molecule has 1 aromatic heterocycles. The molecule has 3 rings (SSSR count). The molecule has 27 heavy (non-hydrogen) atoms. The highest BCUT2D eigenvalue weighted by atomic mass is 19.4. The average Bonchev–Trinajstić information content (AvgIpc) is 3.42. The highest BCUT2D eigenvalue weighted by Crippen LogP contribution is 2.36. The summed E-state index contributed by atoms with van der Waals surface area (Å²) in [6.07, 6.45) is -1.13. The SMILES string of the molecule is CCNC(=O)C1(NC(=O)C2CCN(c3ccc(C(F)(F)F)cn3)CC2)CC1. The summed E-state index contributed by atoms with van der Waals surface area (Å²) >= 11 is 0. The fourth-order valence-electron chi connectivity index (χ4n) is 3.31. The van der Waals surface area contributed by atoms with E-state index in [2.05, 4.69) is 15.6 Å². The molecular formula is C18H23F3N4O2. The number of pyridine rings is 1. The number of rotatable bonds is 5. The maximum absolute atomic E-state index is 12.6. The first kappa shape index (κ1) is 19.4. The predicted molar refractivity (Wildman–Crippen MR) is 93.0 cm³/mol. The molecule has 1 saturated heterocycles. The molecule has 0 bridgehead atoms. The lowest BCUT2D eigenvalue weighted by atomic mass is 9.95. The zero-order chi connectivity index (χ0) is 19.7. The number of amides is 2. The fraction of sp³-hybridized carbons (Fsp3) is 0.611. The molecule has 1 aromatic rings. The van der Waals surface area contributed by atoms with Crippen molar-refractivity contribution in [2.24, 2.45) is 5.92 Å². The van der Waals surface area contributed by atoms with Crippen molar-refractivity contribution < 1.29 is 22.8 Å². The Morgan fingerprint density at radius 2 is 1.93 bits per heavy atom. The molecule has 1 saturated carbocycles. The Balaban J connectivity index is 1.53. The lowest BCUT2D eigenvalue weighted by Crippen LogP contribution is -2.51. The highest BCUT2D eigenvalue weighted by Gasteiger charge is 2.51. The van der Waals surface area contributed by atoms with Crippen LogP contribution in [-0.4, -0.2) is 42.0 Å². The summed E-state index contributed by atoms with van der Waals surface area (Å²) in [7, 11) is 0. The Kier molecular flexibility index (Phi) is 5.30. The summed E-state index contributed by atoms with van der Waals surface area (Å²) in [5.41, 5.74) is -1.53. The lowest BCUT2D eigenvalue weighted by molar-refractivity contribution is -0.137. The van der Waals surface area contributed by atoms with E-state index in [1.807, 2.05) is 11.8 Å². The molecule has 0 aromatic carbocycles. The van der Waals surface area contributed by atoms with Gasteiger partial charge in [-0.05, 0) is 44.7 Å². The molecule has 0 spiro atoms. The Hall–Kier alpha value is -2.32. The Morgan fingerprint density at radius 1 is 1.26 bits per heavy atom. The molecule has 2 N–H and O–H groups in total. The van der Waals surface area contributed by atoms with E-state index in [4.69, 9.17) is 0 Å². The minimum Gasteiger partial charge on any atom is -0.357 e. The quantitative estimate of drug-likeness (QED) is 0.816. The number of nitrogens with one attached hydrogen (secondary N) is 2. The van der Waals surface area contributed by atoms with Crippen LogP contribution in [0.2, 0.25) is 0 Å². The number of halogens is 3. The van der Waals surface area contributed by atoms with Crippen LogP contribution in [0.4, 0.5) is 19.0 Å². The third-order valence-electron chi connectivity index (χ3n) is 5.15. The number of nitrogens with zero attached hydrogens (tertiary/aromatic N) is 2. The van der Waals surface area contributed by atoms with E-state index < -0.39 is 17.3 Å². The van der Waals surface area contributed by atoms with Crippen LogP contribution in [0.25, 0.3) is 0 Å². The second-order valence-corrected chi connectivity index (χ2v) is 7.09. The van der Waals surface area contributed by atoms with Crippen molar-refractivity contribution in [2.75, 3.05) is 24.5 Å². The van der Waals surface area contributed by atoms with Gasteiger partial charge in [0.2, 0.25) is 11.8 Å². The minimum absolute atomic E-state index is 0.126. The standard InChI is InChI=1S/C18H23F3N4O2/c1-2-22-16(27)17(7-8-17)24-15(26)12-5-9-25(10-6-12)14-4-3-13(11-23-14)18(19,20)21/h3-4,11-12H,2,5-10H2,1H3,(H,22,27)(H,24,26). The smallest absolute Gasteiger partial charge is 0.357 e. The highest BCUT2D eigenvalue weighted by molar-refractivity contribution is 5.94. The van der Waals surface area contributed by atoms with Crippen LogP contribution in [0.5, 0.6) is 0 Å². The van der Waals surface area contributed by atoms with Crippen molar-refractivity contribution in [3.8, 4) is 0 Å². The first-order valence-electron chi connectivity index (χ1n) is 9.14. The van der Waals surface area contributed by atoms with E-state index in [0.29, 0.717) is 51.1 Å². The lowest BCUT2D eigenvalue weighted by Gasteiger charge is -2.33. The van der Waals surface area contributed by atoms with Crippen LogP contribution < -0.4 is 15.5 Å². The Labute approximate surface area is 155 Å². The molecule has 9 heteroatoms. The van der Waals surface area contributed by atoms with Gasteiger partial charge in [0.15, 0.2) is 0 Å². The van der Waals surface area contributed by atoms with Gasteiger partial charge in [0.1, 0.15) is 11.4 Å². The van der Waals surface area contributed by atoms with Crippen LogP contribution in [0.1, 0.15) is 38.2 Å². The number of aromatic nitrogens is 1. The van der Waals surface area contributed by atoms with Gasteiger partial charge in [0.25, 0.3) is 0 Å². The summed E-state index contributed by atoms with van der Waals surface area (Å²) in [5.74, 6) is 0.00830. The third-order valence-corrected chi connectivity index (χ3v) is 5.15. The maximum Gasteiger partial charge on any atom is 0.417 e. The first-order valence-corrected chi connectivity index (χ1v) is 9.14. The molecule has 1 aliphatic heterocycles. The van der Waals surface area contributed by atoms with Gasteiger partial charge in [-0.15, -0.1) is 0 Å². The molecule has 2 amide bonds. The van der Waals surface area contributed by atoms with Crippen LogP contribution >= 0.6 is 0 Å². The molecule has 0 atom stereocenters. The van der Waals surface area contributed by atoms with Gasteiger partial charge in [0, 0.05) is 31.7 Å². The van der Waals surface area contributed by atoms with Crippen LogP contribution in [0.15, 0.2) is 18.3 Å². The molecular weight excluding hydrogens is 361 g/mol. The number of hydrogen-bond donors (Lipinski definition) is 2. The molecule has 1 aliphatic carbocycles. The second kappa shape index (κ2) is 7.36. The summed E-state index contributed by atoms with van der Waals surface area (Å²) in [5, 5.41) is 5.64. The van der Waals surface area contributed by atoms with Crippen LogP contribution in [-0.2, 0) is 15.8 Å². The number of hydrogen-bond acceptors (Lipinski definition) is 4. The molecule has 0 unspecified atom stereocenters. The first-order chi connectivity index (χ1) is 12.7. The maximum atomic E-state index is 12.6. The van der Waals surface area contributed by atoms with E-state index >= 15 is 0 Å². The van der Waals surface area contributed by atoms with E-state index in [1.54, 1.807) is 0 Å². The van der Waals surface area contributed by atoms with E-state index in [9.17, 15) is 22.8 Å². The normalized spacial score (nSPS) is 19.5. The summed E-state index contributed by atoms with van der Waals surface area (Å²) < 4.78 is 37.9. The number of piperidine rings is 1. The molecule has 0 radical (unpaired) electrons. The van der Waals surface area contributed by atoms with Crippen molar-refractivity contribution in [3.63, 3.8) is 0 Å². The molecule has 2 heterocycles. The van der Waals surface area contributed by atoms with Gasteiger partial charge in [-0.25, -0.2) is 4.98 Å². The molecule has 148 valence electrons. The van der Waals surface area contributed by atoms with Gasteiger partial charge >= 0.3 is 6.18 Å². The molecule has 2 aliphatic rings. The largest absolute Gasteiger partial charge is 0.417 e. The number of alkyl halides is 3. The van der Waals surface area contributed by atoms with Gasteiger partial charge in [-0.1, -0.05) is 0 Å². The van der Waals surface area contributed by atoms with Crippen molar-refractivity contribution in [1.29, 1.82) is 0 Å². The third kappa shape index (κ3) is 4.33. The van der Waals surface area contributed by atoms with Gasteiger partial charge in [-0.3, -0.25) is 9.59 Å².